The summed E-state index contributed by atoms with van der Waals surface area (Å²) in [5.41, 5.74) is 2.27. The smallest absolute Gasteiger partial charge is 0.228 e. The number of fused-ring (bicyclic) bond motifs is 1. The van der Waals surface area contributed by atoms with Crippen LogP contribution in [-0.4, -0.2) is 23.0 Å². The molecule has 2 aromatic carbocycles. The second-order valence-corrected chi connectivity index (χ2v) is 5.55. The van der Waals surface area contributed by atoms with Crippen molar-refractivity contribution in [2.24, 2.45) is 0 Å². The van der Waals surface area contributed by atoms with Crippen LogP contribution in [0.15, 0.2) is 53.1 Å². The highest BCUT2D eigenvalue weighted by molar-refractivity contribution is 6.31. The first-order valence-corrected chi connectivity index (χ1v) is 7.33. The van der Waals surface area contributed by atoms with Crippen LogP contribution in [0.25, 0.3) is 11.0 Å². The Kier molecular flexibility index (Phi) is 4.11. The lowest BCUT2D eigenvalue weighted by Gasteiger charge is -2.17. The molecular formula is C17H15ClN2O2. The van der Waals surface area contributed by atoms with Crippen molar-refractivity contribution in [1.82, 2.24) is 10.1 Å². The summed E-state index contributed by atoms with van der Waals surface area (Å²) < 4.78 is 5.23. The van der Waals surface area contributed by atoms with E-state index in [0.717, 1.165) is 10.9 Å². The van der Waals surface area contributed by atoms with Gasteiger partial charge in [0.1, 0.15) is 5.69 Å². The summed E-state index contributed by atoms with van der Waals surface area (Å²) in [6.45, 7) is 0.467. The van der Waals surface area contributed by atoms with E-state index >= 15 is 0 Å². The number of carbonyl (C=O) groups excluding carboxylic acids is 1. The van der Waals surface area contributed by atoms with Crippen LogP contribution >= 0.6 is 11.6 Å². The third-order valence-electron chi connectivity index (χ3n) is 3.56. The Labute approximate surface area is 133 Å². The second-order valence-electron chi connectivity index (χ2n) is 5.14. The highest BCUT2D eigenvalue weighted by Crippen LogP contribution is 2.20. The van der Waals surface area contributed by atoms with Gasteiger partial charge in [0.25, 0.3) is 0 Å². The molecule has 4 nitrogen and oxygen atoms in total. The van der Waals surface area contributed by atoms with E-state index in [9.17, 15) is 4.79 Å². The molecule has 0 unspecified atom stereocenters. The quantitative estimate of drug-likeness (QED) is 0.738. The van der Waals surface area contributed by atoms with E-state index in [2.05, 4.69) is 5.16 Å². The molecule has 0 spiro atoms. The Morgan fingerprint density at radius 2 is 1.91 bits per heavy atom. The maximum Gasteiger partial charge on any atom is 0.228 e. The zero-order valence-corrected chi connectivity index (χ0v) is 12.9. The van der Waals surface area contributed by atoms with Crippen LogP contribution in [0.5, 0.6) is 0 Å². The van der Waals surface area contributed by atoms with Crippen LogP contribution < -0.4 is 0 Å². The van der Waals surface area contributed by atoms with E-state index in [0.29, 0.717) is 22.8 Å². The van der Waals surface area contributed by atoms with Gasteiger partial charge in [-0.05, 0) is 23.8 Å². The van der Waals surface area contributed by atoms with Gasteiger partial charge in [0.05, 0.1) is 6.42 Å². The monoisotopic (exact) mass is 314 g/mol. The Hall–Kier alpha value is -2.33. The Morgan fingerprint density at radius 1 is 1.18 bits per heavy atom. The van der Waals surface area contributed by atoms with Crippen molar-refractivity contribution in [3.8, 4) is 0 Å². The number of hydrogen-bond acceptors (Lipinski definition) is 3. The molecule has 0 aliphatic rings. The molecule has 5 heteroatoms. The lowest BCUT2D eigenvalue weighted by atomic mass is 10.1. The van der Waals surface area contributed by atoms with E-state index in [4.69, 9.17) is 16.1 Å². The van der Waals surface area contributed by atoms with Gasteiger partial charge in [-0.2, -0.15) is 0 Å². The zero-order valence-electron chi connectivity index (χ0n) is 12.1. The van der Waals surface area contributed by atoms with Crippen LogP contribution in [-0.2, 0) is 17.8 Å². The number of para-hydroxylation sites is 1. The van der Waals surface area contributed by atoms with Crippen molar-refractivity contribution < 1.29 is 9.32 Å². The fourth-order valence-corrected chi connectivity index (χ4v) is 2.51. The molecule has 0 radical (unpaired) electrons. The summed E-state index contributed by atoms with van der Waals surface area (Å²) in [7, 11) is 1.76. The molecule has 0 N–H and O–H groups in total. The first-order chi connectivity index (χ1) is 10.6. The summed E-state index contributed by atoms with van der Waals surface area (Å²) in [6, 6.07) is 15.0. The van der Waals surface area contributed by atoms with E-state index in [1.54, 1.807) is 11.9 Å². The van der Waals surface area contributed by atoms with Crippen LogP contribution in [0.4, 0.5) is 0 Å². The summed E-state index contributed by atoms with van der Waals surface area (Å²) >= 11 is 6.13. The zero-order chi connectivity index (χ0) is 15.5. The fraction of sp³-hybridized carbons (Fsp3) is 0.176. The van der Waals surface area contributed by atoms with Crippen molar-refractivity contribution in [3.63, 3.8) is 0 Å². The Balaban J connectivity index is 1.73. The summed E-state index contributed by atoms with van der Waals surface area (Å²) in [5, 5.41) is 5.53. The molecule has 22 heavy (non-hydrogen) atoms. The molecule has 0 atom stereocenters. The average Bonchev–Trinajstić information content (AvgIpc) is 2.93. The van der Waals surface area contributed by atoms with Gasteiger partial charge in [-0.3, -0.25) is 4.79 Å². The van der Waals surface area contributed by atoms with E-state index < -0.39 is 0 Å². The van der Waals surface area contributed by atoms with Gasteiger partial charge < -0.3 is 9.42 Å². The molecule has 1 heterocycles. The van der Waals surface area contributed by atoms with Crippen LogP contribution in [0.2, 0.25) is 5.02 Å². The Bertz CT molecular complexity index is 813. The highest BCUT2D eigenvalue weighted by Gasteiger charge is 2.16. The number of carbonyl (C=O) groups is 1. The van der Waals surface area contributed by atoms with Gasteiger partial charge in [0.15, 0.2) is 5.58 Å². The summed E-state index contributed by atoms with van der Waals surface area (Å²) in [5.74, 6) is -0.0287. The summed E-state index contributed by atoms with van der Waals surface area (Å²) in [6.07, 6.45) is 0.206. The van der Waals surface area contributed by atoms with Crippen LogP contribution in [0, 0.1) is 0 Å². The van der Waals surface area contributed by atoms with E-state index in [-0.39, 0.29) is 12.3 Å². The fourth-order valence-electron chi connectivity index (χ4n) is 2.31. The standard InChI is InChI=1S/C17H15ClN2O2/c1-20(11-12-6-2-4-8-14(12)18)17(21)10-15-13-7-3-5-9-16(13)22-19-15/h2-9H,10-11H2,1H3. The van der Waals surface area contributed by atoms with Crippen LogP contribution in [0.1, 0.15) is 11.3 Å². The number of aromatic nitrogens is 1. The first-order valence-electron chi connectivity index (χ1n) is 6.96. The van der Waals surface area contributed by atoms with Crippen molar-refractivity contribution in [2.45, 2.75) is 13.0 Å². The van der Waals surface area contributed by atoms with Crippen molar-refractivity contribution in [1.29, 1.82) is 0 Å². The average molecular weight is 315 g/mol. The third-order valence-corrected chi connectivity index (χ3v) is 3.93. The van der Waals surface area contributed by atoms with Crippen molar-refractivity contribution in [2.75, 3.05) is 7.05 Å². The molecule has 1 amide bonds. The molecule has 0 aliphatic heterocycles. The lowest BCUT2D eigenvalue weighted by Crippen LogP contribution is -2.28. The van der Waals surface area contributed by atoms with E-state index in [1.165, 1.54) is 0 Å². The molecule has 0 saturated carbocycles. The number of benzene rings is 2. The molecule has 1 aromatic heterocycles. The van der Waals surface area contributed by atoms with Crippen LogP contribution in [0.3, 0.4) is 0 Å². The molecular weight excluding hydrogens is 300 g/mol. The largest absolute Gasteiger partial charge is 0.356 e. The topological polar surface area (TPSA) is 46.3 Å². The molecule has 0 bridgehead atoms. The Morgan fingerprint density at radius 3 is 2.73 bits per heavy atom. The van der Waals surface area contributed by atoms with Gasteiger partial charge >= 0.3 is 0 Å². The molecule has 112 valence electrons. The van der Waals surface area contributed by atoms with Crippen molar-refractivity contribution >= 4 is 28.5 Å². The maximum absolute atomic E-state index is 12.4. The third kappa shape index (κ3) is 2.97. The number of hydrogen-bond donors (Lipinski definition) is 0. The second kappa shape index (κ2) is 6.20. The van der Waals surface area contributed by atoms with Gasteiger partial charge in [-0.15, -0.1) is 0 Å². The molecule has 3 aromatic rings. The number of halogens is 1. The number of nitrogens with zero attached hydrogens (tertiary/aromatic N) is 2. The predicted octanol–water partition coefficient (Wildman–Crippen LogP) is 3.68. The van der Waals surface area contributed by atoms with Gasteiger partial charge in [-0.1, -0.05) is 47.1 Å². The lowest BCUT2D eigenvalue weighted by molar-refractivity contribution is -0.129. The maximum atomic E-state index is 12.4. The molecule has 0 aliphatic carbocycles. The molecule has 0 fully saturated rings. The molecule has 3 rings (SSSR count). The minimum Gasteiger partial charge on any atom is -0.356 e. The SMILES string of the molecule is CN(Cc1ccccc1Cl)C(=O)Cc1noc2ccccc12. The minimum absolute atomic E-state index is 0.0287. The highest BCUT2D eigenvalue weighted by atomic mass is 35.5. The summed E-state index contributed by atoms with van der Waals surface area (Å²) in [4.78, 5) is 14.0. The number of amides is 1. The minimum atomic E-state index is -0.0287. The van der Waals surface area contributed by atoms with Gasteiger partial charge in [-0.25, -0.2) is 0 Å². The van der Waals surface area contributed by atoms with Gasteiger partial charge in [0, 0.05) is 24.0 Å². The van der Waals surface area contributed by atoms with E-state index in [1.807, 2.05) is 48.5 Å². The number of rotatable bonds is 4. The van der Waals surface area contributed by atoms with Gasteiger partial charge in [0.2, 0.25) is 5.91 Å². The molecule has 0 saturated heterocycles. The number of likely N-dealkylation sites (N-methyl/N-ethyl adjacent to an activating group) is 1. The predicted molar refractivity (Wildman–Crippen MR) is 85.6 cm³/mol. The normalized spacial score (nSPS) is 10.8. The van der Waals surface area contributed by atoms with Crippen molar-refractivity contribution in [3.05, 3.63) is 64.8 Å². The first kappa shape index (κ1) is 14.6.